The Morgan fingerprint density at radius 2 is 1.88 bits per heavy atom. The molecule has 0 unspecified atom stereocenters. The van der Waals surface area contributed by atoms with E-state index in [2.05, 4.69) is 31.7 Å². The van der Waals surface area contributed by atoms with Gasteiger partial charge < -0.3 is 15.7 Å². The summed E-state index contributed by atoms with van der Waals surface area (Å²) in [7, 11) is 0. The van der Waals surface area contributed by atoms with Gasteiger partial charge in [0.2, 0.25) is 0 Å². The van der Waals surface area contributed by atoms with Gasteiger partial charge in [0, 0.05) is 22.6 Å². The van der Waals surface area contributed by atoms with Crippen molar-refractivity contribution < 1.29 is 23.1 Å². The van der Waals surface area contributed by atoms with E-state index in [9.17, 15) is 23.1 Å². The summed E-state index contributed by atoms with van der Waals surface area (Å²) in [5.41, 5.74) is 1.70. The highest BCUT2D eigenvalue weighted by atomic mass is 79.9. The van der Waals surface area contributed by atoms with Gasteiger partial charge in [-0.25, -0.2) is 4.68 Å². The Morgan fingerprint density at radius 3 is 2.47 bits per heavy atom. The number of hydrogen-bond acceptors (Lipinski definition) is 4. The van der Waals surface area contributed by atoms with Gasteiger partial charge >= 0.3 is 6.18 Å². The molecule has 168 valence electrons. The van der Waals surface area contributed by atoms with Crippen LogP contribution in [0.3, 0.4) is 0 Å². The number of carbonyl (C=O) groups excluding carboxylic acids is 1. The Hall–Kier alpha value is -2.85. The highest BCUT2D eigenvalue weighted by Crippen LogP contribution is 2.43. The molecule has 2 aromatic carbocycles. The summed E-state index contributed by atoms with van der Waals surface area (Å²) in [6.45, 7) is 1.62. The predicted octanol–water partition coefficient (Wildman–Crippen LogP) is 5.61. The lowest BCUT2D eigenvalue weighted by Crippen LogP contribution is -2.35. The van der Waals surface area contributed by atoms with Crippen LogP contribution in [0, 0.1) is 0 Å². The number of nitrogens with zero attached hydrogens (tertiary/aromatic N) is 2. The van der Waals surface area contributed by atoms with E-state index in [1.165, 1.54) is 6.07 Å². The molecule has 32 heavy (non-hydrogen) atoms. The number of hydrogen-bond donors (Lipinski definition) is 3. The van der Waals surface area contributed by atoms with Crippen molar-refractivity contribution in [2.45, 2.75) is 37.7 Å². The van der Waals surface area contributed by atoms with Crippen LogP contribution < -0.4 is 10.6 Å². The van der Waals surface area contributed by atoms with E-state index in [1.54, 1.807) is 55.5 Å². The summed E-state index contributed by atoms with van der Waals surface area (Å²) in [5.74, 6) is -0.499. The van der Waals surface area contributed by atoms with Crippen LogP contribution in [0.25, 0.3) is 0 Å². The number of benzene rings is 2. The number of carbonyl (C=O) groups is 1. The second-order valence-corrected chi connectivity index (χ2v) is 8.57. The molecular formula is C22H20BrF3N4O2. The van der Waals surface area contributed by atoms with Gasteiger partial charge in [0.25, 0.3) is 5.91 Å². The highest BCUT2D eigenvalue weighted by Gasteiger charge is 2.46. The molecule has 0 aliphatic carbocycles. The number of rotatable bonds is 4. The quantitative estimate of drug-likeness (QED) is 0.427. The minimum Gasteiger partial charge on any atom is -0.389 e. The van der Waals surface area contributed by atoms with Crippen molar-refractivity contribution in [2.75, 3.05) is 10.6 Å². The third-order valence-corrected chi connectivity index (χ3v) is 5.87. The van der Waals surface area contributed by atoms with Crippen LogP contribution in [0.4, 0.5) is 24.7 Å². The molecule has 3 N–H and O–H groups in total. The molecule has 4 rings (SSSR count). The van der Waals surface area contributed by atoms with E-state index in [0.29, 0.717) is 16.8 Å². The average Bonchev–Trinajstić information content (AvgIpc) is 3.17. The largest absolute Gasteiger partial charge is 0.410 e. The summed E-state index contributed by atoms with van der Waals surface area (Å²) in [6, 6.07) is 12.5. The molecule has 6 nitrogen and oxygen atoms in total. The average molecular weight is 509 g/mol. The van der Waals surface area contributed by atoms with E-state index in [0.717, 1.165) is 9.15 Å². The van der Waals surface area contributed by atoms with E-state index < -0.39 is 30.3 Å². The number of amides is 1. The molecule has 1 aliphatic rings. The van der Waals surface area contributed by atoms with Gasteiger partial charge in [-0.15, -0.1) is 0 Å². The Morgan fingerprint density at radius 1 is 1.22 bits per heavy atom. The number of aliphatic hydroxyl groups is 1. The van der Waals surface area contributed by atoms with E-state index in [-0.39, 0.29) is 17.9 Å². The second-order valence-electron chi connectivity index (χ2n) is 7.65. The molecule has 1 aliphatic heterocycles. The number of fused-ring (bicyclic) bond motifs is 1. The third-order valence-electron chi connectivity index (χ3n) is 5.35. The minimum atomic E-state index is -4.53. The van der Waals surface area contributed by atoms with Crippen molar-refractivity contribution in [1.29, 1.82) is 0 Å². The van der Waals surface area contributed by atoms with Crippen molar-refractivity contribution >= 4 is 33.3 Å². The van der Waals surface area contributed by atoms with Gasteiger partial charge in [-0.1, -0.05) is 40.2 Å². The monoisotopic (exact) mass is 508 g/mol. The van der Waals surface area contributed by atoms with Gasteiger partial charge in [-0.05, 0) is 42.3 Å². The van der Waals surface area contributed by atoms with Gasteiger partial charge in [0.15, 0.2) is 11.7 Å². The Bertz CT molecular complexity index is 1110. The Kier molecular flexibility index (Phi) is 6.00. The molecule has 1 amide bonds. The van der Waals surface area contributed by atoms with Crippen LogP contribution in [0.15, 0.2) is 59.1 Å². The van der Waals surface area contributed by atoms with Crippen LogP contribution in [0.5, 0.6) is 0 Å². The van der Waals surface area contributed by atoms with Gasteiger partial charge in [-0.3, -0.25) is 4.79 Å². The molecule has 1 aromatic heterocycles. The molecule has 0 bridgehead atoms. The lowest BCUT2D eigenvalue weighted by Gasteiger charge is -2.33. The maximum absolute atomic E-state index is 13.8. The molecule has 10 heteroatoms. The zero-order valence-electron chi connectivity index (χ0n) is 16.9. The number of aliphatic hydroxyl groups excluding tert-OH is 1. The molecule has 0 spiro atoms. The fraction of sp³-hybridized carbons (Fsp3) is 0.273. The number of alkyl halides is 3. The SMILES string of the molecule is C[C@@H](O)c1ccc(NC(=O)c2cc3n(n2)[C@H](C(F)(F)F)C[C@H](c2ccc(Br)cc2)N3)cc1. The summed E-state index contributed by atoms with van der Waals surface area (Å²) in [4.78, 5) is 12.6. The van der Waals surface area contributed by atoms with Crippen LogP contribution in [-0.2, 0) is 0 Å². The lowest BCUT2D eigenvalue weighted by molar-refractivity contribution is -0.173. The topological polar surface area (TPSA) is 79.2 Å². The van der Waals surface area contributed by atoms with Crippen molar-refractivity contribution in [3.8, 4) is 0 Å². The van der Waals surface area contributed by atoms with Crippen LogP contribution in [0.2, 0.25) is 0 Å². The highest BCUT2D eigenvalue weighted by molar-refractivity contribution is 9.10. The smallest absolute Gasteiger partial charge is 0.389 e. The number of nitrogens with one attached hydrogen (secondary N) is 2. The van der Waals surface area contributed by atoms with E-state index >= 15 is 0 Å². The summed E-state index contributed by atoms with van der Waals surface area (Å²) in [5, 5.41) is 19.2. The van der Waals surface area contributed by atoms with Crippen molar-refractivity contribution in [3.63, 3.8) is 0 Å². The van der Waals surface area contributed by atoms with Crippen LogP contribution in [0.1, 0.15) is 53.1 Å². The molecule has 0 radical (unpaired) electrons. The van der Waals surface area contributed by atoms with E-state index in [1.807, 2.05) is 0 Å². The number of halogens is 4. The number of aromatic nitrogens is 2. The van der Waals surface area contributed by atoms with Gasteiger partial charge in [-0.2, -0.15) is 18.3 Å². The standard InChI is InChI=1S/C22H20BrF3N4O2/c1-12(31)13-4-8-16(9-5-13)27-21(32)18-11-20-28-17(14-2-6-15(23)7-3-14)10-19(22(24,25)26)30(20)29-18/h2-9,11-12,17,19,28,31H,10H2,1H3,(H,27,32)/t12-,17-,19+/m1/s1. The van der Waals surface area contributed by atoms with E-state index in [4.69, 9.17) is 0 Å². The van der Waals surface area contributed by atoms with Crippen LogP contribution in [-0.4, -0.2) is 27.0 Å². The molecule has 3 atom stereocenters. The summed E-state index contributed by atoms with van der Waals surface area (Å²) in [6.07, 6.45) is -5.42. The molecule has 0 fully saturated rings. The maximum atomic E-state index is 13.8. The van der Waals surface area contributed by atoms with Crippen molar-refractivity contribution in [1.82, 2.24) is 9.78 Å². The number of anilines is 2. The van der Waals surface area contributed by atoms with Crippen molar-refractivity contribution in [3.05, 3.63) is 75.9 Å². The Labute approximate surface area is 190 Å². The summed E-state index contributed by atoms with van der Waals surface area (Å²) < 4.78 is 43.1. The molecule has 0 saturated carbocycles. The first-order chi connectivity index (χ1) is 15.1. The fourth-order valence-electron chi connectivity index (χ4n) is 3.64. The van der Waals surface area contributed by atoms with Gasteiger partial charge in [0.1, 0.15) is 5.82 Å². The van der Waals surface area contributed by atoms with Crippen LogP contribution >= 0.6 is 15.9 Å². The zero-order valence-corrected chi connectivity index (χ0v) is 18.5. The normalized spacial score (nSPS) is 19.1. The molecule has 3 aromatic rings. The lowest BCUT2D eigenvalue weighted by atomic mass is 9.97. The minimum absolute atomic E-state index is 0.126. The first-order valence-corrected chi connectivity index (χ1v) is 10.7. The first-order valence-electron chi connectivity index (χ1n) is 9.89. The molecular weight excluding hydrogens is 489 g/mol. The zero-order chi connectivity index (χ0) is 23.0. The summed E-state index contributed by atoms with van der Waals surface area (Å²) >= 11 is 3.32. The van der Waals surface area contributed by atoms with Gasteiger partial charge in [0.05, 0.1) is 12.1 Å². The van der Waals surface area contributed by atoms with Crippen molar-refractivity contribution in [2.24, 2.45) is 0 Å². The Balaban J connectivity index is 1.59. The second kappa shape index (κ2) is 8.59. The molecule has 2 heterocycles. The predicted molar refractivity (Wildman–Crippen MR) is 117 cm³/mol. The third kappa shape index (κ3) is 4.66. The maximum Gasteiger partial charge on any atom is 0.410 e. The molecule has 0 saturated heterocycles. The first kappa shape index (κ1) is 22.3. The fourth-order valence-corrected chi connectivity index (χ4v) is 3.90.